The molecule has 0 bridgehead atoms. The summed E-state index contributed by atoms with van der Waals surface area (Å²) in [6.45, 7) is 6.92. The number of Topliss-reactive ketones (excluding diaryl/α,β-unsaturated/α-hetero) is 2. The molecule has 2 aromatic rings. The number of nitrogens with zero attached hydrogens (tertiary/aromatic N) is 4. The zero-order valence-corrected chi connectivity index (χ0v) is 16.7. The normalized spacial score (nSPS) is 12.1. The second kappa shape index (κ2) is 7.86. The van der Waals surface area contributed by atoms with Crippen molar-refractivity contribution in [1.82, 2.24) is 19.9 Å². The largest absolute Gasteiger partial charge is 0.368 e. The lowest BCUT2D eigenvalue weighted by Crippen LogP contribution is -2.18. The van der Waals surface area contributed by atoms with Crippen LogP contribution in [0.2, 0.25) is 0 Å². The van der Waals surface area contributed by atoms with E-state index < -0.39 is 0 Å². The Morgan fingerprint density at radius 3 is 2.42 bits per heavy atom. The van der Waals surface area contributed by atoms with Crippen molar-refractivity contribution in [3.05, 3.63) is 28.3 Å². The van der Waals surface area contributed by atoms with Crippen molar-refractivity contribution in [2.24, 2.45) is 0 Å². The van der Waals surface area contributed by atoms with Gasteiger partial charge in [0.15, 0.2) is 11.6 Å². The van der Waals surface area contributed by atoms with Crippen LogP contribution in [0.25, 0.3) is 0 Å². The predicted octanol–water partition coefficient (Wildman–Crippen LogP) is 2.17. The standard InChI is InChI=1S/C17H24N6O2S/c1-8-13(10(3)24)9(2)19-14(8)15(25)11(4)26-7-12-20-16(18)22-17(21-12)23(5)6/h11,19H,7H2,1-6H3,(H2,18,20,21,22)/t11-/m1/s1. The Bertz CT molecular complexity index is 846. The molecule has 26 heavy (non-hydrogen) atoms. The minimum absolute atomic E-state index is 0.0486. The summed E-state index contributed by atoms with van der Waals surface area (Å²) in [5.41, 5.74) is 8.21. The average Bonchev–Trinajstić information content (AvgIpc) is 2.85. The number of aromatic nitrogens is 4. The molecule has 0 aliphatic carbocycles. The first-order chi connectivity index (χ1) is 12.1. The van der Waals surface area contributed by atoms with Gasteiger partial charge in [-0.2, -0.15) is 15.0 Å². The summed E-state index contributed by atoms with van der Waals surface area (Å²) in [4.78, 5) is 41.8. The van der Waals surface area contributed by atoms with E-state index in [4.69, 9.17) is 5.73 Å². The van der Waals surface area contributed by atoms with E-state index in [2.05, 4.69) is 19.9 Å². The Labute approximate surface area is 157 Å². The summed E-state index contributed by atoms with van der Waals surface area (Å²) in [7, 11) is 3.64. The van der Waals surface area contributed by atoms with Gasteiger partial charge in [-0.25, -0.2) is 0 Å². The van der Waals surface area contributed by atoms with Crippen LogP contribution in [0.5, 0.6) is 0 Å². The van der Waals surface area contributed by atoms with Gasteiger partial charge in [0.2, 0.25) is 11.9 Å². The first-order valence-electron chi connectivity index (χ1n) is 8.15. The van der Waals surface area contributed by atoms with Gasteiger partial charge in [-0.3, -0.25) is 9.59 Å². The molecule has 0 aromatic carbocycles. The number of ketones is 2. The van der Waals surface area contributed by atoms with Crippen LogP contribution in [0.4, 0.5) is 11.9 Å². The van der Waals surface area contributed by atoms with Crippen molar-refractivity contribution >= 4 is 35.2 Å². The number of anilines is 2. The van der Waals surface area contributed by atoms with Gasteiger partial charge in [-0.15, -0.1) is 11.8 Å². The van der Waals surface area contributed by atoms with Gasteiger partial charge >= 0.3 is 0 Å². The Morgan fingerprint density at radius 1 is 1.23 bits per heavy atom. The highest BCUT2D eigenvalue weighted by Crippen LogP contribution is 2.25. The van der Waals surface area contributed by atoms with Crippen LogP contribution >= 0.6 is 11.8 Å². The number of carbonyl (C=O) groups excluding carboxylic acids is 2. The second-order valence-corrected chi connectivity index (χ2v) is 7.63. The SMILES string of the molecule is CC(=O)c1c(C)[nH]c(C(=O)[C@@H](C)SCc2nc(N)nc(N(C)C)n2)c1C. The van der Waals surface area contributed by atoms with Crippen LogP contribution in [0.15, 0.2) is 0 Å². The van der Waals surface area contributed by atoms with E-state index in [1.807, 2.05) is 21.0 Å². The van der Waals surface area contributed by atoms with E-state index in [1.54, 1.807) is 18.7 Å². The van der Waals surface area contributed by atoms with Crippen LogP contribution in [-0.4, -0.2) is 50.8 Å². The monoisotopic (exact) mass is 376 g/mol. The van der Waals surface area contributed by atoms with Gasteiger partial charge in [0.1, 0.15) is 5.82 Å². The highest BCUT2D eigenvalue weighted by Gasteiger charge is 2.24. The number of rotatable bonds is 7. The highest BCUT2D eigenvalue weighted by atomic mass is 32.2. The van der Waals surface area contributed by atoms with E-state index in [0.717, 1.165) is 5.69 Å². The number of hydrogen-bond donors (Lipinski definition) is 2. The molecule has 9 heteroatoms. The number of nitrogens with two attached hydrogens (primary N) is 1. The molecular weight excluding hydrogens is 352 g/mol. The fourth-order valence-electron chi connectivity index (χ4n) is 2.69. The molecule has 140 valence electrons. The highest BCUT2D eigenvalue weighted by molar-refractivity contribution is 7.99. The second-order valence-electron chi connectivity index (χ2n) is 6.30. The molecule has 0 radical (unpaired) electrons. The zero-order chi connectivity index (χ0) is 19.6. The van der Waals surface area contributed by atoms with Gasteiger partial charge in [0.25, 0.3) is 0 Å². The van der Waals surface area contributed by atoms with Gasteiger partial charge < -0.3 is 15.6 Å². The fourth-order valence-corrected chi connectivity index (χ4v) is 3.49. The molecule has 0 saturated carbocycles. The maximum Gasteiger partial charge on any atom is 0.229 e. The number of hydrogen-bond acceptors (Lipinski definition) is 8. The van der Waals surface area contributed by atoms with Crippen LogP contribution in [0.3, 0.4) is 0 Å². The lowest BCUT2D eigenvalue weighted by Gasteiger charge is -2.13. The van der Waals surface area contributed by atoms with Crippen molar-refractivity contribution in [1.29, 1.82) is 0 Å². The average molecular weight is 376 g/mol. The molecule has 0 unspecified atom stereocenters. The predicted molar refractivity (Wildman–Crippen MR) is 104 cm³/mol. The van der Waals surface area contributed by atoms with Gasteiger partial charge in [0.05, 0.1) is 16.7 Å². The minimum atomic E-state index is -0.327. The van der Waals surface area contributed by atoms with Crippen LogP contribution in [0, 0.1) is 13.8 Å². The zero-order valence-electron chi connectivity index (χ0n) is 15.9. The Morgan fingerprint density at radius 2 is 1.88 bits per heavy atom. The molecule has 0 spiro atoms. The molecule has 0 fully saturated rings. The molecule has 3 N–H and O–H groups in total. The number of aromatic amines is 1. The van der Waals surface area contributed by atoms with E-state index in [-0.39, 0.29) is 22.8 Å². The maximum absolute atomic E-state index is 12.8. The fraction of sp³-hybridized carbons (Fsp3) is 0.471. The summed E-state index contributed by atoms with van der Waals surface area (Å²) in [5, 5.41) is -0.327. The summed E-state index contributed by atoms with van der Waals surface area (Å²) in [6.07, 6.45) is 0. The third-order valence-corrected chi connectivity index (χ3v) is 5.09. The third-order valence-electron chi connectivity index (χ3n) is 3.95. The Balaban J connectivity index is 2.14. The van der Waals surface area contributed by atoms with E-state index in [1.165, 1.54) is 18.7 Å². The number of aryl methyl sites for hydroxylation is 1. The van der Waals surface area contributed by atoms with Crippen molar-refractivity contribution < 1.29 is 9.59 Å². The molecule has 0 aliphatic rings. The first-order valence-corrected chi connectivity index (χ1v) is 9.20. The number of thioether (sulfide) groups is 1. The van der Waals surface area contributed by atoms with E-state index in [9.17, 15) is 9.59 Å². The molecule has 2 heterocycles. The molecule has 8 nitrogen and oxygen atoms in total. The maximum atomic E-state index is 12.8. The lowest BCUT2D eigenvalue weighted by molar-refractivity contribution is 0.0988. The molecule has 0 saturated heterocycles. The summed E-state index contributed by atoms with van der Waals surface area (Å²) < 4.78 is 0. The Hall–Kier alpha value is -2.42. The van der Waals surface area contributed by atoms with Crippen molar-refractivity contribution in [3.8, 4) is 0 Å². The van der Waals surface area contributed by atoms with E-state index >= 15 is 0 Å². The van der Waals surface area contributed by atoms with Crippen molar-refractivity contribution in [2.75, 3.05) is 24.7 Å². The third kappa shape index (κ3) is 4.21. The lowest BCUT2D eigenvalue weighted by atomic mass is 10.0. The van der Waals surface area contributed by atoms with Crippen LogP contribution in [0.1, 0.15) is 51.8 Å². The Kier molecular flexibility index (Phi) is 6.01. The quantitative estimate of drug-likeness (QED) is 0.706. The summed E-state index contributed by atoms with van der Waals surface area (Å²) in [5.74, 6) is 1.48. The molecule has 0 aliphatic heterocycles. The molecular formula is C17H24N6O2S. The van der Waals surface area contributed by atoms with Gasteiger partial charge in [-0.1, -0.05) is 0 Å². The number of H-pyrrole nitrogens is 1. The van der Waals surface area contributed by atoms with E-state index in [0.29, 0.717) is 34.3 Å². The molecule has 2 rings (SSSR count). The van der Waals surface area contributed by atoms with Crippen LogP contribution < -0.4 is 10.6 Å². The first kappa shape index (κ1) is 19.9. The number of carbonyl (C=O) groups is 2. The summed E-state index contributed by atoms with van der Waals surface area (Å²) >= 11 is 1.41. The van der Waals surface area contributed by atoms with Gasteiger partial charge in [0, 0.05) is 25.4 Å². The number of nitrogen functional groups attached to an aromatic ring is 1. The minimum Gasteiger partial charge on any atom is -0.368 e. The summed E-state index contributed by atoms with van der Waals surface area (Å²) in [6, 6.07) is 0. The smallest absolute Gasteiger partial charge is 0.229 e. The van der Waals surface area contributed by atoms with Crippen LogP contribution in [-0.2, 0) is 5.75 Å². The molecule has 1 atom stereocenters. The molecule has 2 aromatic heterocycles. The van der Waals surface area contributed by atoms with Gasteiger partial charge in [-0.05, 0) is 33.3 Å². The van der Waals surface area contributed by atoms with Crippen molar-refractivity contribution in [3.63, 3.8) is 0 Å². The van der Waals surface area contributed by atoms with Crippen molar-refractivity contribution in [2.45, 2.75) is 38.7 Å². The number of nitrogens with one attached hydrogen (secondary N) is 1. The topological polar surface area (TPSA) is 118 Å². The molecule has 0 amide bonds.